The summed E-state index contributed by atoms with van der Waals surface area (Å²) in [5.41, 5.74) is 3.78. The zero-order chi connectivity index (χ0) is 20.8. The van der Waals surface area contributed by atoms with Gasteiger partial charge in [-0.15, -0.1) is 0 Å². The van der Waals surface area contributed by atoms with Gasteiger partial charge in [-0.25, -0.2) is 0 Å². The molecule has 0 atom stereocenters. The molecule has 0 fully saturated rings. The van der Waals surface area contributed by atoms with Crippen LogP contribution in [0.4, 0.5) is 5.69 Å². The zero-order valence-electron chi connectivity index (χ0n) is 16.7. The summed E-state index contributed by atoms with van der Waals surface area (Å²) in [5.74, 6) is 1.45. The summed E-state index contributed by atoms with van der Waals surface area (Å²) in [7, 11) is 0. The summed E-state index contributed by atoms with van der Waals surface area (Å²) in [6.07, 6.45) is 1.73. The van der Waals surface area contributed by atoms with E-state index >= 15 is 0 Å². The van der Waals surface area contributed by atoms with E-state index in [1.54, 1.807) is 13.1 Å². The first kappa shape index (κ1) is 19.4. The van der Waals surface area contributed by atoms with E-state index in [4.69, 9.17) is 4.42 Å². The van der Waals surface area contributed by atoms with Crippen molar-refractivity contribution in [3.05, 3.63) is 114 Å². The highest BCUT2D eigenvalue weighted by atomic mass is 16.3. The minimum atomic E-state index is 0.0493. The summed E-state index contributed by atoms with van der Waals surface area (Å²) in [4.78, 5) is 11.4. The lowest BCUT2D eigenvalue weighted by atomic mass is 10.1. The topological polar surface area (TPSA) is 45.8 Å². The highest BCUT2D eigenvalue weighted by Gasteiger charge is 2.08. The first-order valence-electron chi connectivity index (χ1n) is 9.81. The number of benzene rings is 3. The van der Waals surface area contributed by atoms with E-state index in [0.29, 0.717) is 17.9 Å². The Morgan fingerprint density at radius 1 is 0.867 bits per heavy atom. The maximum Gasteiger partial charge on any atom is 0.159 e. The molecule has 0 aliphatic carbocycles. The quantitative estimate of drug-likeness (QED) is 0.213. The normalized spacial score (nSPS) is 11.0. The van der Waals surface area contributed by atoms with Gasteiger partial charge in [-0.2, -0.15) is 5.10 Å². The number of hydrazone groups is 1. The highest BCUT2D eigenvalue weighted by molar-refractivity contribution is 5.94. The lowest BCUT2D eigenvalue weighted by Crippen LogP contribution is -2.15. The smallest absolute Gasteiger partial charge is 0.159 e. The van der Waals surface area contributed by atoms with Crippen molar-refractivity contribution in [3.63, 3.8) is 0 Å². The second-order valence-electron chi connectivity index (χ2n) is 6.96. The highest BCUT2D eigenvalue weighted by Crippen LogP contribution is 2.23. The molecular weight excluding hydrogens is 372 g/mol. The molecule has 0 radical (unpaired) electrons. The summed E-state index contributed by atoms with van der Waals surface area (Å²) in [5, 5.41) is 6.62. The monoisotopic (exact) mass is 394 g/mol. The van der Waals surface area contributed by atoms with Crippen LogP contribution in [0.25, 0.3) is 11.3 Å². The van der Waals surface area contributed by atoms with Gasteiger partial charge in [0.2, 0.25) is 0 Å². The summed E-state index contributed by atoms with van der Waals surface area (Å²) < 4.78 is 5.95. The summed E-state index contributed by atoms with van der Waals surface area (Å²) in [6, 6.07) is 31.5. The molecule has 0 aliphatic rings. The largest absolute Gasteiger partial charge is 0.455 e. The van der Waals surface area contributed by atoms with Gasteiger partial charge in [0.05, 0.1) is 18.4 Å². The first-order chi connectivity index (χ1) is 14.7. The SMILES string of the molecule is CC(=O)c1ccc(-c2ccc(C=NN(Cc3ccccc3)c3ccccc3)o2)cc1. The fourth-order valence-electron chi connectivity index (χ4n) is 3.13. The fourth-order valence-corrected chi connectivity index (χ4v) is 3.13. The second kappa shape index (κ2) is 9.05. The van der Waals surface area contributed by atoms with E-state index in [0.717, 1.165) is 17.0 Å². The van der Waals surface area contributed by atoms with E-state index in [9.17, 15) is 4.79 Å². The Labute approximate surface area is 176 Å². The molecular formula is C26H22N2O2. The number of rotatable bonds is 7. The number of hydrogen-bond donors (Lipinski definition) is 0. The third-order valence-electron chi connectivity index (χ3n) is 4.76. The molecule has 4 aromatic rings. The molecule has 0 saturated heterocycles. The molecule has 0 bridgehead atoms. The number of Topliss-reactive ketones (excluding diaryl/α,β-unsaturated/α-hetero) is 1. The molecule has 4 nitrogen and oxygen atoms in total. The van der Waals surface area contributed by atoms with Crippen LogP contribution < -0.4 is 5.01 Å². The van der Waals surface area contributed by atoms with Crippen LogP contribution in [-0.4, -0.2) is 12.0 Å². The average molecular weight is 394 g/mol. The maximum absolute atomic E-state index is 11.4. The van der Waals surface area contributed by atoms with Gasteiger partial charge in [-0.05, 0) is 36.8 Å². The number of carbonyl (C=O) groups is 1. The Morgan fingerprint density at radius 3 is 2.20 bits per heavy atom. The van der Waals surface area contributed by atoms with E-state index in [1.165, 1.54) is 5.56 Å². The molecule has 0 unspecified atom stereocenters. The van der Waals surface area contributed by atoms with Crippen LogP contribution in [0, 0.1) is 0 Å². The van der Waals surface area contributed by atoms with Gasteiger partial charge in [0, 0.05) is 11.1 Å². The molecule has 0 spiro atoms. The second-order valence-corrected chi connectivity index (χ2v) is 6.96. The minimum absolute atomic E-state index is 0.0493. The number of furan rings is 1. The number of hydrogen-bond acceptors (Lipinski definition) is 4. The van der Waals surface area contributed by atoms with Crippen LogP contribution >= 0.6 is 0 Å². The Hall–Kier alpha value is -3.92. The predicted molar refractivity (Wildman–Crippen MR) is 121 cm³/mol. The van der Waals surface area contributed by atoms with E-state index in [2.05, 4.69) is 17.2 Å². The van der Waals surface area contributed by atoms with E-state index in [1.807, 2.05) is 89.9 Å². The van der Waals surface area contributed by atoms with Crippen molar-refractivity contribution in [2.45, 2.75) is 13.5 Å². The minimum Gasteiger partial charge on any atom is -0.455 e. The van der Waals surface area contributed by atoms with Crippen LogP contribution in [0.1, 0.15) is 28.6 Å². The molecule has 0 saturated carbocycles. The fraction of sp³-hybridized carbons (Fsp3) is 0.0769. The van der Waals surface area contributed by atoms with Crippen molar-refractivity contribution in [1.82, 2.24) is 0 Å². The number of nitrogens with zero attached hydrogens (tertiary/aromatic N) is 2. The van der Waals surface area contributed by atoms with Crippen LogP contribution in [0.15, 0.2) is 107 Å². The van der Waals surface area contributed by atoms with Gasteiger partial charge >= 0.3 is 0 Å². The number of para-hydroxylation sites is 1. The summed E-state index contributed by atoms with van der Waals surface area (Å²) in [6.45, 7) is 2.21. The Morgan fingerprint density at radius 2 is 1.53 bits per heavy atom. The van der Waals surface area contributed by atoms with Crippen LogP contribution in [0.2, 0.25) is 0 Å². The molecule has 148 valence electrons. The third-order valence-corrected chi connectivity index (χ3v) is 4.76. The lowest BCUT2D eigenvalue weighted by Gasteiger charge is -2.19. The predicted octanol–water partition coefficient (Wildman–Crippen LogP) is 6.19. The van der Waals surface area contributed by atoms with Gasteiger partial charge in [0.15, 0.2) is 5.78 Å². The third kappa shape index (κ3) is 4.73. The number of ketones is 1. The molecule has 30 heavy (non-hydrogen) atoms. The van der Waals surface area contributed by atoms with Crippen molar-refractivity contribution >= 4 is 17.7 Å². The average Bonchev–Trinajstić information content (AvgIpc) is 3.27. The molecule has 0 aliphatic heterocycles. The molecule has 3 aromatic carbocycles. The molecule has 1 aromatic heterocycles. The van der Waals surface area contributed by atoms with E-state index < -0.39 is 0 Å². The molecule has 0 N–H and O–H groups in total. The van der Waals surface area contributed by atoms with Gasteiger partial charge in [0.25, 0.3) is 0 Å². The number of carbonyl (C=O) groups excluding carboxylic acids is 1. The van der Waals surface area contributed by atoms with Gasteiger partial charge in [0.1, 0.15) is 11.5 Å². The Bertz CT molecular complexity index is 1130. The van der Waals surface area contributed by atoms with E-state index in [-0.39, 0.29) is 5.78 Å². The number of anilines is 1. The summed E-state index contributed by atoms with van der Waals surface area (Å²) >= 11 is 0. The van der Waals surface area contributed by atoms with Crippen molar-refractivity contribution in [3.8, 4) is 11.3 Å². The molecule has 1 heterocycles. The van der Waals surface area contributed by atoms with Crippen molar-refractivity contribution in [1.29, 1.82) is 0 Å². The standard InChI is InChI=1S/C26H22N2O2/c1-20(29)22-12-14-23(15-13-22)26-17-16-25(30-26)18-27-28(24-10-6-3-7-11-24)19-21-8-4-2-5-9-21/h2-18H,19H2,1H3. The first-order valence-corrected chi connectivity index (χ1v) is 9.81. The zero-order valence-corrected chi connectivity index (χ0v) is 16.7. The Kier molecular flexibility index (Phi) is 5.85. The van der Waals surface area contributed by atoms with Crippen LogP contribution in [-0.2, 0) is 6.54 Å². The van der Waals surface area contributed by atoms with Crippen molar-refractivity contribution in [2.24, 2.45) is 5.10 Å². The van der Waals surface area contributed by atoms with Gasteiger partial charge in [-0.3, -0.25) is 9.80 Å². The van der Waals surface area contributed by atoms with Gasteiger partial charge in [-0.1, -0.05) is 72.8 Å². The Balaban J connectivity index is 1.54. The molecule has 0 amide bonds. The van der Waals surface area contributed by atoms with Crippen molar-refractivity contribution in [2.75, 3.05) is 5.01 Å². The lowest BCUT2D eigenvalue weighted by molar-refractivity contribution is 0.101. The van der Waals surface area contributed by atoms with Crippen molar-refractivity contribution < 1.29 is 9.21 Å². The van der Waals surface area contributed by atoms with Crippen LogP contribution in [0.5, 0.6) is 0 Å². The van der Waals surface area contributed by atoms with Gasteiger partial charge < -0.3 is 4.42 Å². The maximum atomic E-state index is 11.4. The van der Waals surface area contributed by atoms with Crippen LogP contribution in [0.3, 0.4) is 0 Å². The molecule has 4 heteroatoms. The molecule has 4 rings (SSSR count).